The highest BCUT2D eigenvalue weighted by Crippen LogP contribution is 2.19. The van der Waals surface area contributed by atoms with Crippen molar-refractivity contribution in [2.24, 2.45) is 5.84 Å². The van der Waals surface area contributed by atoms with Crippen LogP contribution >= 0.6 is 11.6 Å². The SMILES string of the molecule is Cc1cccc(CCNC(=O)c2cc(Cl)ccc2NN)c1. The van der Waals surface area contributed by atoms with Gasteiger partial charge in [-0.2, -0.15) is 0 Å². The molecule has 0 unspecified atom stereocenters. The van der Waals surface area contributed by atoms with E-state index in [-0.39, 0.29) is 5.91 Å². The fourth-order valence-corrected chi connectivity index (χ4v) is 2.29. The number of hydrogen-bond acceptors (Lipinski definition) is 3. The number of nitrogen functional groups attached to an aromatic ring is 1. The van der Waals surface area contributed by atoms with Gasteiger partial charge in [0.25, 0.3) is 5.91 Å². The Labute approximate surface area is 129 Å². The molecule has 2 aromatic carbocycles. The maximum atomic E-state index is 12.2. The van der Waals surface area contributed by atoms with Crippen molar-refractivity contribution in [3.8, 4) is 0 Å². The van der Waals surface area contributed by atoms with Gasteiger partial charge in [0, 0.05) is 11.6 Å². The number of hydrazine groups is 1. The number of amides is 1. The van der Waals surface area contributed by atoms with Crippen LogP contribution in [-0.4, -0.2) is 12.5 Å². The van der Waals surface area contributed by atoms with E-state index in [4.69, 9.17) is 17.4 Å². The fourth-order valence-electron chi connectivity index (χ4n) is 2.11. The second kappa shape index (κ2) is 7.11. The third-order valence-electron chi connectivity index (χ3n) is 3.16. The lowest BCUT2D eigenvalue weighted by molar-refractivity contribution is 0.0955. The third-order valence-corrected chi connectivity index (χ3v) is 3.40. The quantitative estimate of drug-likeness (QED) is 0.588. The molecular weight excluding hydrogens is 286 g/mol. The summed E-state index contributed by atoms with van der Waals surface area (Å²) < 4.78 is 0. The molecule has 21 heavy (non-hydrogen) atoms. The lowest BCUT2D eigenvalue weighted by Crippen LogP contribution is -2.27. The van der Waals surface area contributed by atoms with Crippen molar-refractivity contribution in [2.45, 2.75) is 13.3 Å². The van der Waals surface area contributed by atoms with Gasteiger partial charge in [-0.1, -0.05) is 41.4 Å². The number of carbonyl (C=O) groups excluding carboxylic acids is 1. The normalized spacial score (nSPS) is 10.2. The number of hydrogen-bond donors (Lipinski definition) is 3. The Morgan fingerprint density at radius 1 is 1.24 bits per heavy atom. The number of carbonyl (C=O) groups is 1. The molecule has 0 bridgehead atoms. The van der Waals surface area contributed by atoms with Crippen LogP contribution in [0.4, 0.5) is 5.69 Å². The van der Waals surface area contributed by atoms with Crippen LogP contribution < -0.4 is 16.6 Å². The molecule has 0 aliphatic rings. The van der Waals surface area contributed by atoms with Crippen LogP contribution in [0.1, 0.15) is 21.5 Å². The second-order valence-corrected chi connectivity index (χ2v) is 5.27. The second-order valence-electron chi connectivity index (χ2n) is 4.83. The van der Waals surface area contributed by atoms with Crippen LogP contribution in [0.25, 0.3) is 0 Å². The summed E-state index contributed by atoms with van der Waals surface area (Å²) in [6, 6.07) is 13.2. The number of rotatable bonds is 5. The minimum absolute atomic E-state index is 0.196. The Morgan fingerprint density at radius 3 is 2.76 bits per heavy atom. The van der Waals surface area contributed by atoms with Gasteiger partial charge < -0.3 is 10.7 Å². The molecule has 0 saturated carbocycles. The topological polar surface area (TPSA) is 67.2 Å². The largest absolute Gasteiger partial charge is 0.352 e. The van der Waals surface area contributed by atoms with E-state index in [2.05, 4.69) is 16.8 Å². The van der Waals surface area contributed by atoms with Gasteiger partial charge in [-0.05, 0) is 37.1 Å². The molecule has 0 fully saturated rings. The summed E-state index contributed by atoms with van der Waals surface area (Å²) in [5.74, 6) is 5.21. The molecule has 4 N–H and O–H groups in total. The third kappa shape index (κ3) is 4.21. The first-order valence-corrected chi connectivity index (χ1v) is 7.08. The van der Waals surface area contributed by atoms with E-state index >= 15 is 0 Å². The molecule has 0 radical (unpaired) electrons. The van der Waals surface area contributed by atoms with Crippen LogP contribution in [0.3, 0.4) is 0 Å². The molecule has 0 atom stereocenters. The average molecular weight is 304 g/mol. The molecule has 0 saturated heterocycles. The van der Waals surface area contributed by atoms with E-state index in [1.807, 2.05) is 25.1 Å². The highest BCUT2D eigenvalue weighted by molar-refractivity contribution is 6.31. The standard InChI is InChI=1S/C16H18ClN3O/c1-11-3-2-4-12(9-11)7-8-19-16(21)14-10-13(17)5-6-15(14)20-18/h2-6,9-10,20H,7-8,18H2,1H3,(H,19,21). The first-order chi connectivity index (χ1) is 10.1. The molecule has 0 heterocycles. The van der Waals surface area contributed by atoms with Crippen molar-refractivity contribution in [1.82, 2.24) is 5.32 Å². The average Bonchev–Trinajstić information content (AvgIpc) is 2.47. The predicted molar refractivity (Wildman–Crippen MR) is 86.5 cm³/mol. The molecular formula is C16H18ClN3O. The van der Waals surface area contributed by atoms with Crippen molar-refractivity contribution in [3.63, 3.8) is 0 Å². The van der Waals surface area contributed by atoms with Crippen molar-refractivity contribution < 1.29 is 4.79 Å². The van der Waals surface area contributed by atoms with E-state index in [0.717, 1.165) is 6.42 Å². The lowest BCUT2D eigenvalue weighted by atomic mass is 10.1. The van der Waals surface area contributed by atoms with Crippen molar-refractivity contribution in [1.29, 1.82) is 0 Å². The molecule has 0 aromatic heterocycles. The monoisotopic (exact) mass is 303 g/mol. The van der Waals surface area contributed by atoms with Gasteiger partial charge in [-0.15, -0.1) is 0 Å². The molecule has 4 nitrogen and oxygen atoms in total. The maximum absolute atomic E-state index is 12.2. The van der Waals surface area contributed by atoms with Crippen molar-refractivity contribution >= 4 is 23.2 Å². The molecule has 0 aliphatic carbocycles. The smallest absolute Gasteiger partial charge is 0.253 e. The minimum Gasteiger partial charge on any atom is -0.352 e. The highest BCUT2D eigenvalue weighted by Gasteiger charge is 2.11. The summed E-state index contributed by atoms with van der Waals surface area (Å²) in [5.41, 5.74) is 5.89. The van der Waals surface area contributed by atoms with Crippen LogP contribution in [0.15, 0.2) is 42.5 Å². The van der Waals surface area contributed by atoms with Gasteiger partial charge in [-0.3, -0.25) is 10.6 Å². The Morgan fingerprint density at radius 2 is 2.05 bits per heavy atom. The summed E-state index contributed by atoms with van der Waals surface area (Å²) in [7, 11) is 0. The van der Waals surface area contributed by atoms with Gasteiger partial charge in [0.1, 0.15) is 0 Å². The van der Waals surface area contributed by atoms with Crippen molar-refractivity contribution in [2.75, 3.05) is 12.0 Å². The zero-order valence-corrected chi connectivity index (χ0v) is 12.6. The Balaban J connectivity index is 1.97. The number of benzene rings is 2. The highest BCUT2D eigenvalue weighted by atomic mass is 35.5. The molecule has 110 valence electrons. The van der Waals surface area contributed by atoms with E-state index in [1.165, 1.54) is 11.1 Å². The molecule has 0 spiro atoms. The van der Waals surface area contributed by atoms with Crippen LogP contribution in [0.5, 0.6) is 0 Å². The summed E-state index contributed by atoms with van der Waals surface area (Å²) in [6.45, 7) is 2.60. The first kappa shape index (κ1) is 15.4. The zero-order chi connectivity index (χ0) is 15.2. The van der Waals surface area contributed by atoms with Gasteiger partial charge in [0.15, 0.2) is 0 Å². The van der Waals surface area contributed by atoms with Crippen LogP contribution in [0.2, 0.25) is 5.02 Å². The number of nitrogens with one attached hydrogen (secondary N) is 2. The number of anilines is 1. The molecule has 5 heteroatoms. The molecule has 2 rings (SSSR count). The van der Waals surface area contributed by atoms with E-state index in [1.54, 1.807) is 18.2 Å². The fraction of sp³-hybridized carbons (Fsp3) is 0.188. The van der Waals surface area contributed by atoms with Crippen molar-refractivity contribution in [3.05, 3.63) is 64.2 Å². The minimum atomic E-state index is -0.196. The zero-order valence-electron chi connectivity index (χ0n) is 11.8. The predicted octanol–water partition coefficient (Wildman–Crippen LogP) is 2.91. The summed E-state index contributed by atoms with van der Waals surface area (Å²) in [5, 5.41) is 3.37. The van der Waals surface area contributed by atoms with Gasteiger partial charge in [0.2, 0.25) is 0 Å². The summed E-state index contributed by atoms with van der Waals surface area (Å²) in [6.07, 6.45) is 0.777. The molecule has 0 aliphatic heterocycles. The Kier molecular flexibility index (Phi) is 5.20. The number of aryl methyl sites for hydroxylation is 1. The molecule has 1 amide bonds. The molecule has 2 aromatic rings. The van der Waals surface area contributed by atoms with Gasteiger partial charge in [-0.25, -0.2) is 0 Å². The first-order valence-electron chi connectivity index (χ1n) is 6.70. The van der Waals surface area contributed by atoms with E-state index in [9.17, 15) is 4.79 Å². The Hall–Kier alpha value is -2.04. The van der Waals surface area contributed by atoms with E-state index in [0.29, 0.717) is 22.8 Å². The number of nitrogens with two attached hydrogens (primary N) is 1. The number of halogens is 1. The van der Waals surface area contributed by atoms with Gasteiger partial charge >= 0.3 is 0 Å². The summed E-state index contributed by atoms with van der Waals surface area (Å²) in [4.78, 5) is 12.2. The maximum Gasteiger partial charge on any atom is 0.253 e. The van der Waals surface area contributed by atoms with Crippen LogP contribution in [0, 0.1) is 6.92 Å². The lowest BCUT2D eigenvalue weighted by Gasteiger charge is -2.10. The van der Waals surface area contributed by atoms with Crippen LogP contribution in [-0.2, 0) is 6.42 Å². The van der Waals surface area contributed by atoms with E-state index < -0.39 is 0 Å². The van der Waals surface area contributed by atoms with Gasteiger partial charge in [0.05, 0.1) is 11.3 Å². The summed E-state index contributed by atoms with van der Waals surface area (Å²) >= 11 is 5.92. The Bertz CT molecular complexity index is 643.